The molecule has 0 atom stereocenters. The minimum Gasteiger partial charge on any atom is -0.382 e. The largest absolute Gasteiger partial charge is 0.382 e. The van der Waals surface area contributed by atoms with Gasteiger partial charge in [-0.15, -0.1) is 11.3 Å². The highest BCUT2D eigenvalue weighted by atomic mass is 32.1. The van der Waals surface area contributed by atoms with Gasteiger partial charge in [0.15, 0.2) is 12.0 Å². The molecule has 3 aromatic rings. The van der Waals surface area contributed by atoms with Gasteiger partial charge in [0.05, 0.1) is 5.01 Å². The summed E-state index contributed by atoms with van der Waals surface area (Å²) in [7, 11) is 0. The molecule has 0 bridgehead atoms. The minimum absolute atomic E-state index is 0.524. The number of rotatable bonds is 3. The molecule has 4 nitrogen and oxygen atoms in total. The molecule has 0 aromatic carbocycles. The minimum atomic E-state index is 0.524. The molecular weight excluding hydrogens is 244 g/mol. The quantitative estimate of drug-likeness (QED) is 0.786. The van der Waals surface area contributed by atoms with Crippen molar-refractivity contribution in [3.8, 4) is 0 Å². The van der Waals surface area contributed by atoms with Gasteiger partial charge in [0.2, 0.25) is 5.52 Å². The summed E-state index contributed by atoms with van der Waals surface area (Å²) in [6.07, 6.45) is 5.26. The number of thiazole rings is 1. The van der Waals surface area contributed by atoms with Crippen LogP contribution in [0.5, 0.6) is 0 Å². The molecule has 0 saturated carbocycles. The van der Waals surface area contributed by atoms with Gasteiger partial charge in [0, 0.05) is 6.07 Å². The maximum atomic E-state index is 5.98. The Morgan fingerprint density at radius 1 is 1.39 bits per heavy atom. The Kier molecular flexibility index (Phi) is 2.83. The summed E-state index contributed by atoms with van der Waals surface area (Å²) in [5.74, 6) is 0.524. The van der Waals surface area contributed by atoms with E-state index in [1.165, 1.54) is 6.42 Å². The maximum absolute atomic E-state index is 5.98. The molecule has 0 aliphatic carbocycles. The SMILES string of the molecule is CCCCc1nc2c(N)nc3ccc[nH+]c3c2s1. The van der Waals surface area contributed by atoms with Crippen molar-refractivity contribution in [2.75, 3.05) is 5.73 Å². The summed E-state index contributed by atoms with van der Waals surface area (Å²) in [6.45, 7) is 2.19. The van der Waals surface area contributed by atoms with Crippen molar-refractivity contribution in [3.63, 3.8) is 0 Å². The number of pyridine rings is 2. The van der Waals surface area contributed by atoms with E-state index in [1.807, 2.05) is 18.3 Å². The standard InChI is InChI=1S/C13H14N4S/c1-2-3-6-9-17-11-12(18-9)10-8(16-13(11)14)5-4-7-15-10/h4-5,7H,2-3,6H2,1H3,(H2,14,16)/p+1. The fourth-order valence-electron chi connectivity index (χ4n) is 2.03. The van der Waals surface area contributed by atoms with Crippen LogP contribution in [0.3, 0.4) is 0 Å². The van der Waals surface area contributed by atoms with Crippen LogP contribution < -0.4 is 10.7 Å². The Balaban J connectivity index is 2.24. The lowest BCUT2D eigenvalue weighted by Gasteiger charge is -1.95. The average molecular weight is 259 g/mol. The number of hydrogen-bond donors (Lipinski definition) is 1. The number of aryl methyl sites for hydroxylation is 1. The van der Waals surface area contributed by atoms with Crippen molar-refractivity contribution < 1.29 is 4.98 Å². The second-order valence-electron chi connectivity index (χ2n) is 4.32. The van der Waals surface area contributed by atoms with E-state index in [0.717, 1.165) is 39.1 Å². The lowest BCUT2D eigenvalue weighted by atomic mass is 10.2. The van der Waals surface area contributed by atoms with Gasteiger partial charge in [-0.2, -0.15) is 0 Å². The topological polar surface area (TPSA) is 65.9 Å². The molecule has 18 heavy (non-hydrogen) atoms. The van der Waals surface area contributed by atoms with E-state index in [0.29, 0.717) is 5.82 Å². The van der Waals surface area contributed by atoms with Crippen LogP contribution in [0, 0.1) is 0 Å². The second kappa shape index (κ2) is 4.49. The van der Waals surface area contributed by atoms with E-state index >= 15 is 0 Å². The average Bonchev–Trinajstić information content (AvgIpc) is 2.81. The molecule has 0 fully saturated rings. The highest BCUT2D eigenvalue weighted by Gasteiger charge is 2.15. The first-order valence-electron chi connectivity index (χ1n) is 6.15. The molecule has 5 heteroatoms. The predicted molar refractivity (Wildman–Crippen MR) is 74.5 cm³/mol. The summed E-state index contributed by atoms with van der Waals surface area (Å²) in [4.78, 5) is 12.2. The van der Waals surface area contributed by atoms with Gasteiger partial charge >= 0.3 is 0 Å². The van der Waals surface area contributed by atoms with Crippen molar-refractivity contribution in [1.82, 2.24) is 9.97 Å². The number of nitrogens with zero attached hydrogens (tertiary/aromatic N) is 2. The van der Waals surface area contributed by atoms with Crippen molar-refractivity contribution in [3.05, 3.63) is 23.3 Å². The highest BCUT2D eigenvalue weighted by molar-refractivity contribution is 7.19. The third-order valence-electron chi connectivity index (χ3n) is 2.96. The number of anilines is 1. The third kappa shape index (κ3) is 1.80. The predicted octanol–water partition coefficient (Wildman–Crippen LogP) is 2.58. The number of nitrogens with one attached hydrogen (secondary N) is 1. The Hall–Kier alpha value is -1.75. The molecule has 0 amide bonds. The molecule has 0 saturated heterocycles. The van der Waals surface area contributed by atoms with E-state index in [2.05, 4.69) is 21.9 Å². The first-order chi connectivity index (χ1) is 8.79. The van der Waals surface area contributed by atoms with Crippen LogP contribution in [-0.2, 0) is 6.42 Å². The van der Waals surface area contributed by atoms with Crippen LogP contribution in [0.25, 0.3) is 21.3 Å². The van der Waals surface area contributed by atoms with Crippen LogP contribution in [-0.4, -0.2) is 9.97 Å². The van der Waals surface area contributed by atoms with Crippen LogP contribution in [0.1, 0.15) is 24.8 Å². The molecule has 3 rings (SSSR count). The van der Waals surface area contributed by atoms with Gasteiger partial charge < -0.3 is 5.73 Å². The lowest BCUT2D eigenvalue weighted by Crippen LogP contribution is -2.04. The molecule has 3 heterocycles. The monoisotopic (exact) mass is 259 g/mol. The molecular formula is C13H15N4S+. The van der Waals surface area contributed by atoms with Gasteiger partial charge in [0.25, 0.3) is 0 Å². The van der Waals surface area contributed by atoms with Crippen LogP contribution >= 0.6 is 11.3 Å². The van der Waals surface area contributed by atoms with E-state index in [4.69, 9.17) is 5.73 Å². The van der Waals surface area contributed by atoms with Crippen LogP contribution in [0.15, 0.2) is 18.3 Å². The number of H-pyrrole nitrogens is 1. The summed E-state index contributed by atoms with van der Waals surface area (Å²) in [6, 6.07) is 3.90. The number of unbranched alkanes of at least 4 members (excludes halogenated alkanes) is 1. The van der Waals surface area contributed by atoms with Crippen molar-refractivity contribution >= 4 is 38.4 Å². The molecule has 0 spiro atoms. The Morgan fingerprint density at radius 3 is 3.11 bits per heavy atom. The molecule has 0 unspecified atom stereocenters. The van der Waals surface area contributed by atoms with Gasteiger partial charge in [-0.1, -0.05) is 13.3 Å². The van der Waals surface area contributed by atoms with Crippen LogP contribution in [0.4, 0.5) is 5.82 Å². The fourth-order valence-corrected chi connectivity index (χ4v) is 3.16. The third-order valence-corrected chi connectivity index (χ3v) is 4.09. The van der Waals surface area contributed by atoms with Gasteiger partial charge in [-0.05, 0) is 18.9 Å². The summed E-state index contributed by atoms with van der Waals surface area (Å²) >= 11 is 1.72. The lowest BCUT2D eigenvalue weighted by molar-refractivity contribution is -0.343. The van der Waals surface area contributed by atoms with E-state index in [-0.39, 0.29) is 0 Å². The Bertz CT molecular complexity index is 705. The number of nitrogens with two attached hydrogens (primary N) is 1. The zero-order valence-electron chi connectivity index (χ0n) is 10.2. The zero-order chi connectivity index (χ0) is 12.5. The van der Waals surface area contributed by atoms with Crippen molar-refractivity contribution in [2.45, 2.75) is 26.2 Å². The number of aromatic nitrogens is 3. The van der Waals surface area contributed by atoms with Crippen molar-refractivity contribution in [2.24, 2.45) is 0 Å². The van der Waals surface area contributed by atoms with Gasteiger partial charge in [-0.3, -0.25) is 0 Å². The summed E-state index contributed by atoms with van der Waals surface area (Å²) in [5.41, 5.74) is 8.74. The molecule has 0 aliphatic rings. The van der Waals surface area contributed by atoms with E-state index in [9.17, 15) is 0 Å². The fraction of sp³-hybridized carbons (Fsp3) is 0.308. The normalized spacial score (nSPS) is 11.4. The van der Waals surface area contributed by atoms with Gasteiger partial charge in [0.1, 0.15) is 15.7 Å². The summed E-state index contributed by atoms with van der Waals surface area (Å²) in [5, 5.41) is 1.14. The maximum Gasteiger partial charge on any atom is 0.249 e. The number of fused-ring (bicyclic) bond motifs is 3. The first-order valence-corrected chi connectivity index (χ1v) is 6.96. The Morgan fingerprint density at radius 2 is 2.28 bits per heavy atom. The molecule has 92 valence electrons. The van der Waals surface area contributed by atoms with E-state index in [1.54, 1.807) is 11.3 Å². The Labute approximate surface area is 109 Å². The number of hydrogen-bond acceptors (Lipinski definition) is 4. The molecule has 3 N–H and O–H groups in total. The first kappa shape index (κ1) is 11.3. The second-order valence-corrected chi connectivity index (χ2v) is 5.40. The molecule has 0 radical (unpaired) electrons. The molecule has 3 aromatic heterocycles. The van der Waals surface area contributed by atoms with Gasteiger partial charge in [-0.25, -0.2) is 15.0 Å². The molecule has 0 aliphatic heterocycles. The smallest absolute Gasteiger partial charge is 0.249 e. The highest BCUT2D eigenvalue weighted by Crippen LogP contribution is 2.30. The number of aromatic amines is 1. The zero-order valence-corrected chi connectivity index (χ0v) is 11.0. The van der Waals surface area contributed by atoms with Crippen LogP contribution in [0.2, 0.25) is 0 Å². The van der Waals surface area contributed by atoms with E-state index < -0.39 is 0 Å². The summed E-state index contributed by atoms with van der Waals surface area (Å²) < 4.78 is 1.12. The number of nitrogen functional groups attached to an aromatic ring is 1. The van der Waals surface area contributed by atoms with Crippen molar-refractivity contribution in [1.29, 1.82) is 0 Å².